The molecule has 1 amide bonds. The van der Waals surface area contributed by atoms with E-state index in [0.29, 0.717) is 19.4 Å². The van der Waals surface area contributed by atoms with E-state index < -0.39 is 12.1 Å². The standard InChI is InChI=1S/C43H81NO5/c1-3-5-7-9-11-13-15-17-19-23-27-31-35-41(46)40(39-45)44-42(47)36-32-28-24-20-18-22-26-30-34-38-49-43(48)37-33-29-25-21-16-14-12-10-8-6-4-2/h20,24,31,35,40-41,45-46H,3-19,21-23,25-30,32-34,36-39H2,1-2H3,(H,44,47)/b24-20-,35-31+. The van der Waals surface area contributed by atoms with Gasteiger partial charge in [0.25, 0.3) is 0 Å². The van der Waals surface area contributed by atoms with Gasteiger partial charge in [0.05, 0.1) is 25.4 Å². The molecule has 0 aliphatic heterocycles. The molecule has 0 radical (unpaired) electrons. The number of allylic oxidation sites excluding steroid dienone is 3. The van der Waals surface area contributed by atoms with Gasteiger partial charge in [0.2, 0.25) is 5.91 Å². The van der Waals surface area contributed by atoms with Crippen LogP contribution >= 0.6 is 0 Å². The molecule has 3 N–H and O–H groups in total. The Labute approximate surface area is 303 Å². The van der Waals surface area contributed by atoms with E-state index in [4.69, 9.17) is 4.74 Å². The van der Waals surface area contributed by atoms with Crippen LogP contribution in [0.5, 0.6) is 0 Å². The van der Waals surface area contributed by atoms with Crippen molar-refractivity contribution in [2.75, 3.05) is 13.2 Å². The van der Waals surface area contributed by atoms with E-state index in [2.05, 4.69) is 31.3 Å². The van der Waals surface area contributed by atoms with Gasteiger partial charge in [-0.1, -0.05) is 173 Å². The fourth-order valence-corrected chi connectivity index (χ4v) is 6.16. The quantitative estimate of drug-likeness (QED) is 0.0340. The molecule has 0 heterocycles. The van der Waals surface area contributed by atoms with Gasteiger partial charge in [-0.3, -0.25) is 9.59 Å². The molecular weight excluding hydrogens is 610 g/mol. The van der Waals surface area contributed by atoms with Gasteiger partial charge in [-0.25, -0.2) is 0 Å². The van der Waals surface area contributed by atoms with Gasteiger partial charge in [0.1, 0.15) is 0 Å². The van der Waals surface area contributed by atoms with Crippen LogP contribution in [-0.4, -0.2) is 47.4 Å². The molecule has 0 aromatic heterocycles. The number of carbonyl (C=O) groups is 2. The number of carbonyl (C=O) groups excluding carboxylic acids is 2. The maximum atomic E-state index is 12.3. The van der Waals surface area contributed by atoms with E-state index in [0.717, 1.165) is 70.6 Å². The van der Waals surface area contributed by atoms with Gasteiger partial charge in [-0.05, 0) is 51.4 Å². The second-order valence-corrected chi connectivity index (χ2v) is 14.3. The molecule has 2 atom stereocenters. The van der Waals surface area contributed by atoms with Crippen LogP contribution in [-0.2, 0) is 14.3 Å². The number of hydrogen-bond acceptors (Lipinski definition) is 5. The second kappa shape index (κ2) is 39.1. The monoisotopic (exact) mass is 692 g/mol. The van der Waals surface area contributed by atoms with Crippen LogP contribution in [0.25, 0.3) is 0 Å². The first-order valence-electron chi connectivity index (χ1n) is 21.1. The fourth-order valence-electron chi connectivity index (χ4n) is 6.16. The SMILES string of the molecule is CCCCCCCCCCCC/C=C/C(O)C(CO)NC(=O)CCC/C=C\CCCCCCOC(=O)CCCCCCCCCCCCC. The summed E-state index contributed by atoms with van der Waals surface area (Å²) in [5, 5.41) is 22.8. The van der Waals surface area contributed by atoms with Gasteiger partial charge in [-0.15, -0.1) is 0 Å². The fraction of sp³-hybridized carbons (Fsp3) is 0.860. The van der Waals surface area contributed by atoms with Gasteiger partial charge in [0, 0.05) is 12.8 Å². The molecule has 0 saturated carbocycles. The average molecular weight is 692 g/mol. The van der Waals surface area contributed by atoms with E-state index in [-0.39, 0.29) is 18.5 Å². The first kappa shape index (κ1) is 47.3. The summed E-state index contributed by atoms with van der Waals surface area (Å²) in [6, 6.07) is -0.662. The molecule has 0 aromatic carbocycles. The minimum atomic E-state index is -0.872. The minimum absolute atomic E-state index is 0.0396. The maximum absolute atomic E-state index is 12.3. The molecule has 0 fully saturated rings. The Morgan fingerprint density at radius 1 is 0.551 bits per heavy atom. The summed E-state index contributed by atoms with van der Waals surface area (Å²) in [4.78, 5) is 24.3. The van der Waals surface area contributed by atoms with Gasteiger partial charge < -0.3 is 20.3 Å². The lowest BCUT2D eigenvalue weighted by Gasteiger charge is -2.19. The first-order valence-corrected chi connectivity index (χ1v) is 21.1. The third-order valence-electron chi connectivity index (χ3n) is 9.47. The van der Waals surface area contributed by atoms with Crippen LogP contribution in [0.2, 0.25) is 0 Å². The van der Waals surface area contributed by atoms with Crippen LogP contribution in [0, 0.1) is 0 Å². The molecule has 288 valence electrons. The van der Waals surface area contributed by atoms with Crippen LogP contribution in [0.3, 0.4) is 0 Å². The number of amides is 1. The van der Waals surface area contributed by atoms with Crippen molar-refractivity contribution >= 4 is 11.9 Å². The lowest BCUT2D eigenvalue weighted by Crippen LogP contribution is -2.45. The molecule has 0 aromatic rings. The highest BCUT2D eigenvalue weighted by Gasteiger charge is 2.17. The molecule has 2 unspecified atom stereocenters. The summed E-state index contributed by atoms with van der Waals surface area (Å²) in [6.07, 6.45) is 43.0. The van der Waals surface area contributed by atoms with Crippen molar-refractivity contribution in [3.8, 4) is 0 Å². The predicted molar refractivity (Wildman–Crippen MR) is 209 cm³/mol. The number of hydrogen-bond donors (Lipinski definition) is 3. The van der Waals surface area contributed by atoms with E-state index in [1.54, 1.807) is 6.08 Å². The summed E-state index contributed by atoms with van der Waals surface area (Å²) in [6.45, 7) is 4.77. The van der Waals surface area contributed by atoms with Crippen molar-refractivity contribution < 1.29 is 24.5 Å². The summed E-state index contributed by atoms with van der Waals surface area (Å²) < 4.78 is 5.40. The Morgan fingerprint density at radius 3 is 1.49 bits per heavy atom. The van der Waals surface area contributed by atoms with Crippen molar-refractivity contribution in [2.45, 2.75) is 225 Å². The average Bonchev–Trinajstić information content (AvgIpc) is 3.10. The molecule has 0 saturated heterocycles. The van der Waals surface area contributed by atoms with Gasteiger partial charge in [0.15, 0.2) is 0 Å². The third kappa shape index (κ3) is 36.0. The number of ether oxygens (including phenoxy) is 1. The summed E-state index contributed by atoms with van der Waals surface area (Å²) in [5.41, 5.74) is 0. The topological polar surface area (TPSA) is 95.9 Å². The number of rotatable bonds is 38. The zero-order chi connectivity index (χ0) is 35.9. The predicted octanol–water partition coefficient (Wildman–Crippen LogP) is 11.6. The molecule has 0 spiro atoms. The number of aliphatic hydroxyl groups is 2. The highest BCUT2D eigenvalue weighted by atomic mass is 16.5. The third-order valence-corrected chi connectivity index (χ3v) is 9.47. The summed E-state index contributed by atoms with van der Waals surface area (Å²) >= 11 is 0. The molecule has 0 aliphatic carbocycles. The zero-order valence-corrected chi connectivity index (χ0v) is 32.4. The molecular formula is C43H81NO5. The second-order valence-electron chi connectivity index (χ2n) is 14.3. The highest BCUT2D eigenvalue weighted by molar-refractivity contribution is 5.76. The van der Waals surface area contributed by atoms with Crippen LogP contribution in [0.1, 0.15) is 213 Å². The highest BCUT2D eigenvalue weighted by Crippen LogP contribution is 2.14. The Balaban J connectivity index is 3.62. The van der Waals surface area contributed by atoms with Crippen LogP contribution in [0.4, 0.5) is 0 Å². The van der Waals surface area contributed by atoms with E-state index in [9.17, 15) is 19.8 Å². The van der Waals surface area contributed by atoms with E-state index in [1.807, 2.05) is 6.08 Å². The molecule has 6 nitrogen and oxygen atoms in total. The minimum Gasteiger partial charge on any atom is -0.466 e. The summed E-state index contributed by atoms with van der Waals surface area (Å²) in [7, 11) is 0. The number of unbranched alkanes of at least 4 members (excludes halogenated alkanes) is 25. The molecule has 0 rings (SSSR count). The smallest absolute Gasteiger partial charge is 0.305 e. The Hall–Kier alpha value is -1.66. The lowest BCUT2D eigenvalue weighted by molar-refractivity contribution is -0.143. The number of nitrogens with one attached hydrogen (secondary N) is 1. The Morgan fingerprint density at radius 2 is 0.980 bits per heavy atom. The van der Waals surface area contributed by atoms with Crippen LogP contribution in [0.15, 0.2) is 24.3 Å². The van der Waals surface area contributed by atoms with Crippen molar-refractivity contribution in [3.63, 3.8) is 0 Å². The van der Waals surface area contributed by atoms with Crippen molar-refractivity contribution in [1.29, 1.82) is 0 Å². The molecule has 0 bridgehead atoms. The number of esters is 1. The molecule has 0 aliphatic rings. The van der Waals surface area contributed by atoms with Crippen LogP contribution < -0.4 is 5.32 Å². The lowest BCUT2D eigenvalue weighted by atomic mass is 10.1. The molecule has 6 heteroatoms. The summed E-state index contributed by atoms with van der Waals surface area (Å²) in [5.74, 6) is -0.170. The largest absolute Gasteiger partial charge is 0.466 e. The van der Waals surface area contributed by atoms with Crippen molar-refractivity contribution in [2.24, 2.45) is 0 Å². The van der Waals surface area contributed by atoms with E-state index >= 15 is 0 Å². The molecule has 49 heavy (non-hydrogen) atoms. The van der Waals surface area contributed by atoms with Crippen molar-refractivity contribution in [1.82, 2.24) is 5.32 Å². The van der Waals surface area contributed by atoms with Crippen molar-refractivity contribution in [3.05, 3.63) is 24.3 Å². The first-order chi connectivity index (χ1) is 24.0. The normalized spacial score (nSPS) is 13.0. The van der Waals surface area contributed by atoms with Gasteiger partial charge >= 0.3 is 5.97 Å². The van der Waals surface area contributed by atoms with E-state index in [1.165, 1.54) is 116 Å². The maximum Gasteiger partial charge on any atom is 0.305 e. The zero-order valence-electron chi connectivity index (χ0n) is 32.4. The Bertz CT molecular complexity index is 767. The number of aliphatic hydroxyl groups excluding tert-OH is 2. The Kier molecular flexibility index (Phi) is 37.8. The van der Waals surface area contributed by atoms with Gasteiger partial charge in [-0.2, -0.15) is 0 Å².